The first kappa shape index (κ1) is 12.6. The number of piperazine rings is 1. The lowest BCUT2D eigenvalue weighted by atomic mass is 9.98. The van der Waals surface area contributed by atoms with Crippen LogP contribution in [0, 0.1) is 0 Å². The highest BCUT2D eigenvalue weighted by Crippen LogP contribution is 2.17. The van der Waals surface area contributed by atoms with E-state index in [0.29, 0.717) is 0 Å². The Balaban J connectivity index is 2.80. The van der Waals surface area contributed by atoms with E-state index >= 15 is 0 Å². The quantitative estimate of drug-likeness (QED) is 0.489. The third-order valence-corrected chi connectivity index (χ3v) is 2.67. The van der Waals surface area contributed by atoms with Gasteiger partial charge in [-0.2, -0.15) is 0 Å². The van der Waals surface area contributed by atoms with Crippen LogP contribution in [-0.2, 0) is 14.4 Å². The molecule has 0 aliphatic carbocycles. The number of carboxylic acids is 1. The Bertz CT molecular complexity index is 340. The molecule has 1 aliphatic rings. The van der Waals surface area contributed by atoms with Crippen LogP contribution in [0.2, 0.25) is 0 Å². The van der Waals surface area contributed by atoms with Gasteiger partial charge in [-0.3, -0.25) is 24.6 Å². The van der Waals surface area contributed by atoms with E-state index < -0.39 is 29.4 Å². The summed E-state index contributed by atoms with van der Waals surface area (Å²) in [7, 11) is 0. The summed E-state index contributed by atoms with van der Waals surface area (Å²) >= 11 is 0. The van der Waals surface area contributed by atoms with Gasteiger partial charge in [-0.25, -0.2) is 0 Å². The molecule has 0 aromatic heterocycles. The van der Waals surface area contributed by atoms with Gasteiger partial charge < -0.3 is 10.8 Å². The van der Waals surface area contributed by atoms with Crippen molar-refractivity contribution in [1.82, 2.24) is 10.2 Å². The van der Waals surface area contributed by atoms with Crippen LogP contribution in [0.4, 0.5) is 0 Å². The van der Waals surface area contributed by atoms with E-state index in [9.17, 15) is 14.4 Å². The van der Waals surface area contributed by atoms with Gasteiger partial charge in [-0.15, -0.1) is 0 Å². The first-order valence-electron chi connectivity index (χ1n) is 4.83. The molecule has 4 N–H and O–H groups in total. The van der Waals surface area contributed by atoms with Gasteiger partial charge >= 0.3 is 5.97 Å². The van der Waals surface area contributed by atoms with E-state index in [-0.39, 0.29) is 13.1 Å². The van der Waals surface area contributed by atoms with Crippen LogP contribution in [0.3, 0.4) is 0 Å². The third-order valence-electron chi connectivity index (χ3n) is 2.67. The Kier molecular flexibility index (Phi) is 3.30. The summed E-state index contributed by atoms with van der Waals surface area (Å²) in [6.45, 7) is 3.16. The van der Waals surface area contributed by atoms with Gasteiger partial charge in [0.1, 0.15) is 6.04 Å². The molecule has 90 valence electrons. The highest BCUT2D eigenvalue weighted by atomic mass is 16.4. The molecule has 1 atom stereocenters. The van der Waals surface area contributed by atoms with Crippen LogP contribution in [0.5, 0.6) is 0 Å². The van der Waals surface area contributed by atoms with Gasteiger partial charge in [0.2, 0.25) is 11.8 Å². The zero-order valence-corrected chi connectivity index (χ0v) is 9.19. The molecule has 0 aromatic carbocycles. The first-order valence-corrected chi connectivity index (χ1v) is 4.83. The summed E-state index contributed by atoms with van der Waals surface area (Å²) < 4.78 is 0. The predicted molar refractivity (Wildman–Crippen MR) is 54.4 cm³/mol. The van der Waals surface area contributed by atoms with Crippen LogP contribution in [0.1, 0.15) is 13.8 Å². The van der Waals surface area contributed by atoms with Crippen LogP contribution >= 0.6 is 0 Å². The molecule has 1 unspecified atom stereocenters. The molecule has 0 saturated carbocycles. The highest BCUT2D eigenvalue weighted by Gasteiger charge is 2.41. The molecule has 7 nitrogen and oxygen atoms in total. The van der Waals surface area contributed by atoms with Crippen LogP contribution in [0.25, 0.3) is 0 Å². The van der Waals surface area contributed by atoms with Gasteiger partial charge in [-0.05, 0) is 13.8 Å². The second kappa shape index (κ2) is 4.18. The van der Waals surface area contributed by atoms with Crippen molar-refractivity contribution < 1.29 is 19.5 Å². The Morgan fingerprint density at radius 2 is 2.19 bits per heavy atom. The highest BCUT2D eigenvalue weighted by molar-refractivity contribution is 6.03. The molecule has 1 fully saturated rings. The molecule has 1 aliphatic heterocycles. The van der Waals surface area contributed by atoms with Crippen LogP contribution in [0.15, 0.2) is 0 Å². The molecule has 0 spiro atoms. The van der Waals surface area contributed by atoms with E-state index in [1.54, 1.807) is 13.8 Å². The Morgan fingerprint density at radius 1 is 1.62 bits per heavy atom. The summed E-state index contributed by atoms with van der Waals surface area (Å²) in [5.74, 6) is -2.04. The topological polar surface area (TPSA) is 113 Å². The molecule has 0 bridgehead atoms. The van der Waals surface area contributed by atoms with E-state index in [1.807, 2.05) is 0 Å². The number of carbonyl (C=O) groups is 3. The van der Waals surface area contributed by atoms with Crippen molar-refractivity contribution in [3.63, 3.8) is 0 Å². The van der Waals surface area contributed by atoms with Crippen LogP contribution in [-0.4, -0.2) is 52.5 Å². The number of nitrogens with one attached hydrogen (secondary N) is 1. The fourth-order valence-corrected chi connectivity index (χ4v) is 1.44. The summed E-state index contributed by atoms with van der Waals surface area (Å²) in [5.41, 5.74) is 4.45. The van der Waals surface area contributed by atoms with Crippen molar-refractivity contribution in [1.29, 1.82) is 0 Å². The van der Waals surface area contributed by atoms with Crippen molar-refractivity contribution in [3.05, 3.63) is 0 Å². The number of nitrogens with zero attached hydrogens (tertiary/aromatic N) is 1. The molecule has 16 heavy (non-hydrogen) atoms. The summed E-state index contributed by atoms with van der Waals surface area (Å²) in [4.78, 5) is 34.8. The lowest BCUT2D eigenvalue weighted by molar-refractivity contribution is -0.148. The molecule has 0 aromatic rings. The Hall–Kier alpha value is -1.47. The van der Waals surface area contributed by atoms with E-state index in [1.165, 1.54) is 4.90 Å². The lowest BCUT2D eigenvalue weighted by Gasteiger charge is -2.40. The normalized spacial score (nSPS) is 22.7. The van der Waals surface area contributed by atoms with E-state index in [4.69, 9.17) is 10.8 Å². The average Bonchev–Trinajstić information content (AvgIpc) is 2.14. The Morgan fingerprint density at radius 3 is 2.69 bits per heavy atom. The number of amides is 2. The van der Waals surface area contributed by atoms with E-state index in [0.717, 1.165) is 0 Å². The van der Waals surface area contributed by atoms with Crippen molar-refractivity contribution in [2.45, 2.75) is 25.4 Å². The fraction of sp³-hybridized carbons (Fsp3) is 0.667. The number of carbonyl (C=O) groups excluding carboxylic acids is 2. The molecule has 1 rings (SSSR count). The van der Waals surface area contributed by atoms with Gasteiger partial charge in [0.25, 0.3) is 0 Å². The average molecular weight is 229 g/mol. The SMILES string of the molecule is CC1(C)C(=O)NC(=O)CN1CC(N)C(=O)O. The molecule has 1 heterocycles. The molecule has 7 heteroatoms. The minimum Gasteiger partial charge on any atom is -0.480 e. The monoisotopic (exact) mass is 229 g/mol. The minimum absolute atomic E-state index is 0.0281. The van der Waals surface area contributed by atoms with Crippen molar-refractivity contribution >= 4 is 17.8 Å². The number of aliphatic carboxylic acids is 1. The van der Waals surface area contributed by atoms with Gasteiger partial charge in [0, 0.05) is 6.54 Å². The minimum atomic E-state index is -1.16. The smallest absolute Gasteiger partial charge is 0.321 e. The number of hydrogen-bond donors (Lipinski definition) is 3. The maximum Gasteiger partial charge on any atom is 0.321 e. The molecule has 0 radical (unpaired) electrons. The van der Waals surface area contributed by atoms with E-state index in [2.05, 4.69) is 5.32 Å². The fourth-order valence-electron chi connectivity index (χ4n) is 1.44. The largest absolute Gasteiger partial charge is 0.480 e. The third kappa shape index (κ3) is 2.37. The zero-order valence-electron chi connectivity index (χ0n) is 9.19. The number of hydrogen-bond acceptors (Lipinski definition) is 5. The second-order valence-electron chi connectivity index (χ2n) is 4.26. The summed E-state index contributed by atoms with van der Waals surface area (Å²) in [5, 5.41) is 10.9. The second-order valence-corrected chi connectivity index (χ2v) is 4.26. The maximum absolute atomic E-state index is 11.5. The first-order chi connectivity index (χ1) is 7.25. The number of imide groups is 1. The van der Waals surface area contributed by atoms with Crippen molar-refractivity contribution in [3.8, 4) is 0 Å². The molecule has 1 saturated heterocycles. The number of carboxylic acid groups (broad SMARTS) is 1. The lowest BCUT2D eigenvalue weighted by Crippen LogP contribution is -2.66. The molecule has 2 amide bonds. The number of nitrogens with two attached hydrogens (primary N) is 1. The van der Waals surface area contributed by atoms with Crippen molar-refractivity contribution in [2.24, 2.45) is 5.73 Å². The summed E-state index contributed by atoms with van der Waals surface area (Å²) in [6, 6.07) is -1.11. The van der Waals surface area contributed by atoms with Crippen LogP contribution < -0.4 is 11.1 Å². The molecular formula is C9H15N3O4. The van der Waals surface area contributed by atoms with Gasteiger partial charge in [0.05, 0.1) is 12.1 Å². The summed E-state index contributed by atoms with van der Waals surface area (Å²) in [6.07, 6.45) is 0. The number of rotatable bonds is 3. The van der Waals surface area contributed by atoms with Crippen molar-refractivity contribution in [2.75, 3.05) is 13.1 Å². The maximum atomic E-state index is 11.5. The Labute approximate surface area is 92.6 Å². The molecular weight excluding hydrogens is 214 g/mol. The standard InChI is InChI=1S/C9H15N3O4/c1-9(2)8(16)11-6(13)4-12(9)3-5(10)7(14)15/h5H,3-4,10H2,1-2H3,(H,14,15)(H,11,13,16). The zero-order chi connectivity index (χ0) is 12.5. The predicted octanol–water partition coefficient (Wildman–Crippen LogP) is -1.86. The van der Waals surface area contributed by atoms with Gasteiger partial charge in [0.15, 0.2) is 0 Å². The van der Waals surface area contributed by atoms with Gasteiger partial charge in [-0.1, -0.05) is 0 Å².